The average molecular weight is 844 g/mol. The van der Waals surface area contributed by atoms with Crippen LogP contribution < -0.4 is 0 Å². The second-order valence-corrected chi connectivity index (χ2v) is 30.0. The Kier molecular flexibility index (Phi) is 52.1. The van der Waals surface area contributed by atoms with Crippen molar-refractivity contribution in [2.45, 2.75) is 306 Å². The maximum absolute atomic E-state index is 2.38. The van der Waals surface area contributed by atoms with E-state index in [-0.39, 0.29) is 0 Å². The molecule has 0 nitrogen and oxygen atoms in total. The van der Waals surface area contributed by atoms with E-state index < -0.39 is 14.5 Å². The van der Waals surface area contributed by atoms with Crippen LogP contribution in [0.3, 0.4) is 0 Å². The number of unbranched alkanes of at least 4 members (excludes halogenated alkanes) is 31. The summed E-state index contributed by atoms with van der Waals surface area (Å²) in [5.74, 6) is 0. The second-order valence-electron chi connectivity index (χ2n) is 20.0. The van der Waals surface area contributed by atoms with Gasteiger partial charge in [0.25, 0.3) is 0 Å². The van der Waals surface area contributed by atoms with Crippen molar-refractivity contribution >= 4 is 14.5 Å². The fraction of sp³-hybridized carbons (Fsp3) is 1.00. The van der Waals surface area contributed by atoms with E-state index in [1.807, 2.05) is 0 Å². The van der Waals surface area contributed by atoms with Crippen molar-refractivity contribution in [2.24, 2.45) is 0 Å². The molecule has 0 aromatic rings. The number of hydrogen-bond acceptors (Lipinski definition) is 0. The van der Waals surface area contributed by atoms with Crippen LogP contribution in [0.25, 0.3) is 0 Å². The predicted molar refractivity (Wildman–Crippen MR) is 281 cm³/mol. The van der Waals surface area contributed by atoms with Gasteiger partial charge in [0.15, 0.2) is 0 Å². The van der Waals surface area contributed by atoms with E-state index in [0.29, 0.717) is 0 Å². The van der Waals surface area contributed by atoms with Crippen molar-refractivity contribution in [3.05, 3.63) is 0 Å². The van der Waals surface area contributed by atoms with Gasteiger partial charge in [0.1, 0.15) is 0 Å². The molecular weight excluding hydrogens is 723 g/mol. The zero-order valence-electron chi connectivity index (χ0n) is 42.2. The summed E-state index contributed by atoms with van der Waals surface area (Å²) in [7, 11) is -2.00. The fourth-order valence-corrected chi connectivity index (χ4v) is 21.2. The van der Waals surface area contributed by atoms with Gasteiger partial charge in [-0.05, 0) is 0 Å². The summed E-state index contributed by atoms with van der Waals surface area (Å²) < 4.78 is 0. The van der Waals surface area contributed by atoms with Crippen LogP contribution >= 0.6 is 14.5 Å². The molecule has 0 radical (unpaired) electrons. The zero-order chi connectivity index (χ0) is 42.2. The summed E-state index contributed by atoms with van der Waals surface area (Å²) in [4.78, 5) is 0. The molecule has 0 aromatic carbocycles. The van der Waals surface area contributed by atoms with Gasteiger partial charge in [-0.1, -0.05) is 6.92 Å². The van der Waals surface area contributed by atoms with Gasteiger partial charge in [-0.2, -0.15) is 0 Å². The first-order valence-corrected chi connectivity index (χ1v) is 33.6. The van der Waals surface area contributed by atoms with Crippen LogP contribution in [0.5, 0.6) is 0 Å². The van der Waals surface area contributed by atoms with E-state index in [2.05, 4.69) is 55.4 Å². The van der Waals surface area contributed by atoms with Crippen molar-refractivity contribution in [1.29, 1.82) is 0 Å². The fourth-order valence-electron chi connectivity index (χ4n) is 10.2. The van der Waals surface area contributed by atoms with Gasteiger partial charge >= 0.3 is 363 Å². The molecule has 0 saturated heterocycles. The van der Waals surface area contributed by atoms with Gasteiger partial charge in [-0.3, -0.25) is 0 Å². The Bertz CT molecular complexity index is 650. The molecule has 0 aromatic heterocycles. The normalized spacial score (nSPS) is 12.6. The molecule has 0 rings (SSSR count). The van der Waals surface area contributed by atoms with Crippen LogP contribution in [-0.4, -0.2) is 49.3 Å². The molecule has 0 heterocycles. The molecule has 0 N–H and O–H groups in total. The molecule has 0 unspecified atom stereocenters. The van der Waals surface area contributed by atoms with Crippen molar-refractivity contribution in [1.82, 2.24) is 0 Å². The van der Waals surface area contributed by atoms with Crippen molar-refractivity contribution in [3.63, 3.8) is 0 Å². The predicted octanol–water partition coefficient (Wildman–Crippen LogP) is 20.8. The Labute approximate surface area is 368 Å². The summed E-state index contributed by atoms with van der Waals surface area (Å²) in [5.41, 5.74) is 0. The summed E-state index contributed by atoms with van der Waals surface area (Å²) in [6.45, 7) is 18.9. The topological polar surface area (TPSA) is 0 Å². The first-order chi connectivity index (χ1) is 28.0. The Morgan fingerprint density at radius 2 is 0.246 bits per heavy atom. The van der Waals surface area contributed by atoms with E-state index in [1.54, 1.807) is 101 Å². The molecule has 0 atom stereocenters. The monoisotopic (exact) mass is 843 g/mol. The van der Waals surface area contributed by atoms with Crippen LogP contribution in [0, 0.1) is 0 Å². The van der Waals surface area contributed by atoms with Crippen LogP contribution in [0.2, 0.25) is 0 Å². The quantitative estimate of drug-likeness (QED) is 0.0423. The molecule has 0 amide bonds. The molecule has 0 saturated carbocycles. The molecule has 0 aliphatic carbocycles. The van der Waals surface area contributed by atoms with E-state index >= 15 is 0 Å². The minimum absolute atomic E-state index is 0.998. The summed E-state index contributed by atoms with van der Waals surface area (Å²) in [5, 5.41) is 0. The van der Waals surface area contributed by atoms with Crippen LogP contribution in [0.4, 0.5) is 0 Å². The van der Waals surface area contributed by atoms with E-state index in [9.17, 15) is 0 Å². The van der Waals surface area contributed by atoms with E-state index in [0.717, 1.165) is 0 Å². The summed E-state index contributed by atoms with van der Waals surface area (Å²) in [6, 6.07) is 0. The molecule has 0 fully saturated rings. The third-order valence-electron chi connectivity index (χ3n) is 14.2. The first-order valence-electron chi connectivity index (χ1n) is 28.0. The molecule has 2 heteroatoms. The van der Waals surface area contributed by atoms with Gasteiger partial charge in [0.2, 0.25) is 0 Å². The molecule has 0 bridgehead atoms. The molecule has 0 spiro atoms. The minimum atomic E-state index is -1.00. The van der Waals surface area contributed by atoms with E-state index in [4.69, 9.17) is 0 Å². The molecule has 57 heavy (non-hydrogen) atoms. The number of hydrogen-bond donors (Lipinski definition) is 0. The van der Waals surface area contributed by atoms with Gasteiger partial charge in [-0.15, -0.1) is 0 Å². The standard InChI is InChI=1S/C28H61P.C27H59P/c1-5-9-13-14-15-16-17-18-19-20-24-28-29(25-21-10-6-2,26-22-11-7-3)27-23-12-8-4;1-5-9-13-14-15-16-17-18-19-23-27-28(24-20-10-6-2,25-21-11-7-3)26-22-12-8-4/h29H,5-28H2,1-4H3;28H,5-27H2,1-4H3. The van der Waals surface area contributed by atoms with Crippen molar-refractivity contribution in [3.8, 4) is 0 Å². The van der Waals surface area contributed by atoms with Crippen molar-refractivity contribution < 1.29 is 0 Å². The van der Waals surface area contributed by atoms with E-state index in [1.165, 1.54) is 199 Å². The van der Waals surface area contributed by atoms with Gasteiger partial charge in [0.05, 0.1) is 0 Å². The van der Waals surface area contributed by atoms with Crippen LogP contribution in [-0.2, 0) is 0 Å². The number of rotatable bonds is 47. The molecule has 0 aliphatic rings. The van der Waals surface area contributed by atoms with Gasteiger partial charge < -0.3 is 0 Å². The average Bonchev–Trinajstić information content (AvgIpc) is 3.21. The van der Waals surface area contributed by atoms with Gasteiger partial charge in [0, 0.05) is 0 Å². The third kappa shape index (κ3) is 42.0. The summed E-state index contributed by atoms with van der Waals surface area (Å²) in [6.07, 6.45) is 71.0. The maximum atomic E-state index is 2.38. The molecule has 0 aliphatic heterocycles. The van der Waals surface area contributed by atoms with Crippen LogP contribution in [0.1, 0.15) is 306 Å². The Morgan fingerprint density at radius 3 is 0.404 bits per heavy atom. The Hall–Kier alpha value is 0.860. The SMILES string of the molecule is CCCCCCCCCCCCC[PH](CCCCC)(CCCCC)CCCCC.CCCCCCCCCCCC[PH](CCCCC)(CCCCC)CCCCC. The second kappa shape index (κ2) is 49.5. The Morgan fingerprint density at radius 1 is 0.140 bits per heavy atom. The summed E-state index contributed by atoms with van der Waals surface area (Å²) >= 11 is 0. The zero-order valence-corrected chi connectivity index (χ0v) is 44.2. The van der Waals surface area contributed by atoms with Crippen molar-refractivity contribution in [2.75, 3.05) is 49.3 Å². The first kappa shape index (κ1) is 60.0. The Balaban J connectivity index is 0. The molecule has 350 valence electrons. The van der Waals surface area contributed by atoms with Crippen LogP contribution in [0.15, 0.2) is 0 Å². The van der Waals surface area contributed by atoms with Gasteiger partial charge in [-0.25, -0.2) is 0 Å². The third-order valence-corrected chi connectivity index (χ3v) is 25.5. The molecular formula is C55H120P2.